The Morgan fingerprint density at radius 1 is 0.368 bits per heavy atom. The maximum Gasteiger partial charge on any atom is 0.167 e. The molecule has 0 N–H and O–H groups in total. The van der Waals surface area contributed by atoms with E-state index in [1.54, 1.807) is 0 Å². The summed E-state index contributed by atoms with van der Waals surface area (Å²) in [5.74, 6) is 1.79. The van der Waals surface area contributed by atoms with Gasteiger partial charge in [0.05, 0.1) is 22.3 Å². The van der Waals surface area contributed by atoms with E-state index in [1.807, 2.05) is 78.1 Å². The van der Waals surface area contributed by atoms with Crippen LogP contribution in [0.1, 0.15) is 0 Å². The molecule has 0 fully saturated rings. The summed E-state index contributed by atoms with van der Waals surface area (Å²) < 4.78 is 12.0. The molecular weight excluding hydrogens is 717 g/mol. The van der Waals surface area contributed by atoms with Gasteiger partial charge in [0.1, 0.15) is 5.58 Å². The molecule has 0 atom stereocenters. The van der Waals surface area contributed by atoms with Crippen molar-refractivity contribution >= 4 is 75.3 Å². The highest BCUT2D eigenvalue weighted by atomic mass is 32.1. The zero-order chi connectivity index (χ0) is 37.5. The lowest BCUT2D eigenvalue weighted by atomic mass is 10.0. The van der Waals surface area contributed by atoms with Crippen molar-refractivity contribution in [2.75, 3.05) is 0 Å². The molecule has 266 valence electrons. The molecule has 0 saturated heterocycles. The summed E-state index contributed by atoms with van der Waals surface area (Å²) in [7, 11) is 0. The standard InChI is InChI=1S/C51H30N4OS/c1-4-15-31(16-5-1)34-22-12-25-37-38-29-30-42-44(48(38)57-47(34)37)39-21-10-11-27-41(39)55(42)43-28-14-24-36-35-23-13-26-40(45(35)56-46(36)43)51-53-49(32-17-6-2-7-18-32)52-50(54-51)33-19-8-3-9-20-33/h1-30H. The van der Waals surface area contributed by atoms with Gasteiger partial charge in [-0.3, -0.25) is 0 Å². The van der Waals surface area contributed by atoms with E-state index >= 15 is 0 Å². The molecule has 12 aromatic rings. The SMILES string of the molecule is c1ccc(-c2nc(-c3ccccc3)nc(-c3cccc4c3oc3c(-n5c6ccccc6c6c7sc8c(-c9ccccc9)cccc8c7ccc65)cccc34)n2)cc1. The Balaban J connectivity index is 1.10. The number of thiophene rings is 1. The molecule has 0 spiro atoms. The monoisotopic (exact) mass is 746 g/mol. The molecule has 6 heteroatoms. The number of benzene rings is 8. The van der Waals surface area contributed by atoms with Crippen LogP contribution in [0.2, 0.25) is 0 Å². The van der Waals surface area contributed by atoms with Gasteiger partial charge in [-0.05, 0) is 35.4 Å². The summed E-state index contributed by atoms with van der Waals surface area (Å²) in [5, 5.41) is 7.07. The van der Waals surface area contributed by atoms with E-state index < -0.39 is 0 Å². The van der Waals surface area contributed by atoms with Gasteiger partial charge in [0.15, 0.2) is 23.1 Å². The molecule has 8 aromatic carbocycles. The van der Waals surface area contributed by atoms with E-state index in [-0.39, 0.29) is 0 Å². The zero-order valence-corrected chi connectivity index (χ0v) is 31.2. The van der Waals surface area contributed by atoms with Gasteiger partial charge in [0, 0.05) is 52.8 Å². The molecule has 0 aliphatic heterocycles. The van der Waals surface area contributed by atoms with E-state index in [1.165, 1.54) is 42.1 Å². The first-order valence-corrected chi connectivity index (χ1v) is 19.8. The minimum absolute atomic E-state index is 0.563. The lowest BCUT2D eigenvalue weighted by molar-refractivity contribution is 0.667. The molecule has 4 heterocycles. The van der Waals surface area contributed by atoms with Gasteiger partial charge in [0.25, 0.3) is 0 Å². The Morgan fingerprint density at radius 2 is 0.912 bits per heavy atom. The number of hydrogen-bond donors (Lipinski definition) is 0. The Hall–Kier alpha value is -7.41. The first-order valence-electron chi connectivity index (χ1n) is 19.0. The van der Waals surface area contributed by atoms with Gasteiger partial charge >= 0.3 is 0 Å². The van der Waals surface area contributed by atoms with Gasteiger partial charge in [-0.25, -0.2) is 15.0 Å². The van der Waals surface area contributed by atoms with E-state index in [0.29, 0.717) is 17.5 Å². The number of aromatic nitrogens is 4. The van der Waals surface area contributed by atoms with Crippen molar-refractivity contribution in [2.45, 2.75) is 0 Å². The molecule has 0 saturated carbocycles. The zero-order valence-electron chi connectivity index (χ0n) is 30.4. The highest BCUT2D eigenvalue weighted by Gasteiger charge is 2.23. The predicted molar refractivity (Wildman–Crippen MR) is 236 cm³/mol. The van der Waals surface area contributed by atoms with E-state index in [4.69, 9.17) is 19.4 Å². The first kappa shape index (κ1) is 31.9. The number of rotatable bonds is 5. The summed E-state index contributed by atoms with van der Waals surface area (Å²) >= 11 is 1.89. The van der Waals surface area contributed by atoms with Gasteiger partial charge in [0.2, 0.25) is 0 Å². The van der Waals surface area contributed by atoms with Gasteiger partial charge in [-0.15, -0.1) is 11.3 Å². The lowest BCUT2D eigenvalue weighted by Gasteiger charge is -2.09. The van der Waals surface area contributed by atoms with Crippen molar-refractivity contribution in [2.24, 2.45) is 0 Å². The third-order valence-corrected chi connectivity index (χ3v) is 12.3. The normalized spacial score (nSPS) is 11.9. The van der Waals surface area contributed by atoms with Crippen LogP contribution in [0.4, 0.5) is 0 Å². The average molecular weight is 747 g/mol. The summed E-state index contributed by atoms with van der Waals surface area (Å²) in [6.45, 7) is 0. The molecule has 0 aliphatic carbocycles. The second-order valence-electron chi connectivity index (χ2n) is 14.3. The quantitative estimate of drug-likeness (QED) is 0.176. The Kier molecular flexibility index (Phi) is 7.03. The van der Waals surface area contributed by atoms with Gasteiger partial charge in [-0.1, -0.05) is 158 Å². The van der Waals surface area contributed by atoms with Crippen molar-refractivity contribution in [3.8, 4) is 51.0 Å². The summed E-state index contributed by atoms with van der Waals surface area (Å²) in [6, 6.07) is 63.5. The molecule has 0 amide bonds. The third kappa shape index (κ3) is 4.91. The summed E-state index contributed by atoms with van der Waals surface area (Å²) in [5.41, 5.74) is 9.96. The van der Waals surface area contributed by atoms with Crippen LogP contribution >= 0.6 is 11.3 Å². The molecule has 5 nitrogen and oxygen atoms in total. The van der Waals surface area contributed by atoms with E-state index in [0.717, 1.165) is 55.3 Å². The van der Waals surface area contributed by atoms with Crippen molar-refractivity contribution in [3.63, 3.8) is 0 Å². The largest absolute Gasteiger partial charge is 0.453 e. The van der Waals surface area contributed by atoms with Crippen LogP contribution in [0.5, 0.6) is 0 Å². The maximum atomic E-state index is 7.06. The smallest absolute Gasteiger partial charge is 0.167 e. The third-order valence-electron chi connectivity index (χ3n) is 11.1. The number of nitrogens with zero attached hydrogens (tertiary/aromatic N) is 4. The minimum Gasteiger partial charge on any atom is -0.453 e. The van der Waals surface area contributed by atoms with Crippen LogP contribution in [-0.2, 0) is 0 Å². The number of furan rings is 1. The fourth-order valence-electron chi connectivity index (χ4n) is 8.50. The second kappa shape index (κ2) is 12.6. The molecule has 0 bridgehead atoms. The van der Waals surface area contributed by atoms with Crippen LogP contribution in [0, 0.1) is 0 Å². The van der Waals surface area contributed by atoms with Crippen molar-refractivity contribution in [1.82, 2.24) is 19.5 Å². The van der Waals surface area contributed by atoms with Crippen LogP contribution in [0.25, 0.3) is 115 Å². The van der Waals surface area contributed by atoms with Crippen LogP contribution in [0.15, 0.2) is 186 Å². The molecule has 12 rings (SSSR count). The summed E-state index contributed by atoms with van der Waals surface area (Å²) in [6.07, 6.45) is 0. The van der Waals surface area contributed by atoms with E-state index in [9.17, 15) is 0 Å². The van der Waals surface area contributed by atoms with Crippen LogP contribution < -0.4 is 0 Å². The molecule has 0 radical (unpaired) electrons. The Labute approximate surface area is 330 Å². The minimum atomic E-state index is 0.563. The van der Waals surface area contributed by atoms with Crippen molar-refractivity contribution in [3.05, 3.63) is 182 Å². The predicted octanol–water partition coefficient (Wildman–Crippen LogP) is 13.9. The van der Waals surface area contributed by atoms with Crippen LogP contribution in [0.3, 0.4) is 0 Å². The highest BCUT2D eigenvalue weighted by Crippen LogP contribution is 2.47. The number of para-hydroxylation sites is 3. The van der Waals surface area contributed by atoms with Crippen LogP contribution in [-0.4, -0.2) is 19.5 Å². The van der Waals surface area contributed by atoms with Gasteiger partial charge < -0.3 is 8.98 Å². The van der Waals surface area contributed by atoms with Crippen molar-refractivity contribution < 1.29 is 4.42 Å². The lowest BCUT2D eigenvalue weighted by Crippen LogP contribution is -2.00. The molecular formula is C51H30N4OS. The maximum absolute atomic E-state index is 7.06. The topological polar surface area (TPSA) is 56.7 Å². The van der Waals surface area contributed by atoms with Crippen molar-refractivity contribution in [1.29, 1.82) is 0 Å². The molecule has 4 aromatic heterocycles. The van der Waals surface area contributed by atoms with Gasteiger partial charge in [-0.2, -0.15) is 0 Å². The molecule has 0 unspecified atom stereocenters. The fourth-order valence-corrected chi connectivity index (χ4v) is 9.89. The first-order chi connectivity index (χ1) is 28.3. The second-order valence-corrected chi connectivity index (χ2v) is 15.3. The Morgan fingerprint density at radius 3 is 1.63 bits per heavy atom. The molecule has 57 heavy (non-hydrogen) atoms. The number of hydrogen-bond acceptors (Lipinski definition) is 5. The fraction of sp³-hybridized carbons (Fsp3) is 0. The van der Waals surface area contributed by atoms with E-state index in [2.05, 4.69) is 120 Å². The number of fused-ring (bicyclic) bond motifs is 10. The average Bonchev–Trinajstić information content (AvgIpc) is 3.97. The molecule has 0 aliphatic rings. The highest BCUT2D eigenvalue weighted by molar-refractivity contribution is 7.27. The Bertz CT molecular complexity index is 3460. The summed E-state index contributed by atoms with van der Waals surface area (Å²) in [4.78, 5) is 15.0.